The SMILES string of the molecule is CC(C)c1cc[n+]2c(c1)-c1c(ccc3c4c(sc13)CCCC4)CC1C(CC=C2)c2ccccc2-c2cccc[n+]21. The minimum absolute atomic E-state index is 0.362. The topological polar surface area (TPSA) is 7.76 Å². The minimum Gasteiger partial charge on any atom is -0.195 e. The zero-order valence-electron chi connectivity index (χ0n) is 23.4. The molecule has 2 unspecified atom stereocenters. The summed E-state index contributed by atoms with van der Waals surface area (Å²) < 4.78 is 6.48. The molecule has 2 atom stereocenters. The number of fused-ring (bicyclic) bond motifs is 13. The summed E-state index contributed by atoms with van der Waals surface area (Å²) in [6.45, 7) is 4.62. The summed E-state index contributed by atoms with van der Waals surface area (Å²) in [6.07, 6.45) is 16.5. The molecule has 2 aromatic carbocycles. The molecule has 2 aliphatic heterocycles. The minimum atomic E-state index is 0.362. The summed E-state index contributed by atoms with van der Waals surface area (Å²) >= 11 is 2.08. The molecule has 3 heteroatoms. The fourth-order valence-corrected chi connectivity index (χ4v) is 9.00. The second-order valence-corrected chi connectivity index (χ2v) is 13.3. The molecule has 8 rings (SSSR count). The molecule has 2 nitrogen and oxygen atoms in total. The standard InChI is InChI=1S/C37H36N2S/c1-24(2)25-18-21-38-19-9-13-29-27-10-3-4-11-28(27)32-14-7-8-20-39(32)33(29)23-26-16-17-31-30-12-5-6-15-35(30)40-37(31)36(26)34(38)22-25/h3-4,7-11,14,16-22,24,29,33H,5-6,12-13,15,23H2,1-2H3/q+2. The van der Waals surface area contributed by atoms with Crippen molar-refractivity contribution in [1.29, 1.82) is 0 Å². The lowest BCUT2D eigenvalue weighted by molar-refractivity contribution is -0.718. The fourth-order valence-electron chi connectivity index (χ4n) is 7.53. The predicted octanol–water partition coefficient (Wildman–Crippen LogP) is 8.57. The van der Waals surface area contributed by atoms with E-state index in [1.54, 1.807) is 10.4 Å². The van der Waals surface area contributed by atoms with Gasteiger partial charge >= 0.3 is 0 Å². The molecule has 40 heavy (non-hydrogen) atoms. The van der Waals surface area contributed by atoms with E-state index in [2.05, 4.69) is 126 Å². The maximum Gasteiger partial charge on any atom is 0.219 e. The lowest BCUT2D eigenvalue weighted by atomic mass is 9.78. The molecule has 0 radical (unpaired) electrons. The second-order valence-electron chi connectivity index (χ2n) is 12.2. The summed E-state index contributed by atoms with van der Waals surface area (Å²) in [7, 11) is 0. The Bertz CT molecular complexity index is 1810. The van der Waals surface area contributed by atoms with E-state index in [4.69, 9.17) is 0 Å². The van der Waals surface area contributed by atoms with Crippen LogP contribution in [0.5, 0.6) is 0 Å². The zero-order valence-corrected chi connectivity index (χ0v) is 24.3. The van der Waals surface area contributed by atoms with Crippen LogP contribution < -0.4 is 9.13 Å². The Morgan fingerprint density at radius 3 is 2.67 bits per heavy atom. The molecule has 198 valence electrons. The van der Waals surface area contributed by atoms with Crippen molar-refractivity contribution >= 4 is 27.6 Å². The van der Waals surface area contributed by atoms with Crippen LogP contribution in [-0.4, -0.2) is 0 Å². The van der Waals surface area contributed by atoms with E-state index >= 15 is 0 Å². The van der Waals surface area contributed by atoms with Crippen LogP contribution in [0.25, 0.3) is 38.8 Å². The first-order valence-corrected chi connectivity index (χ1v) is 15.9. The van der Waals surface area contributed by atoms with Crippen LogP contribution in [0.3, 0.4) is 0 Å². The third kappa shape index (κ3) is 3.74. The average molecular weight is 541 g/mol. The van der Waals surface area contributed by atoms with E-state index < -0.39 is 0 Å². The molecule has 0 bridgehead atoms. The molecule has 0 spiro atoms. The summed E-state index contributed by atoms with van der Waals surface area (Å²) in [4.78, 5) is 1.62. The number of aryl methyl sites for hydroxylation is 2. The highest BCUT2D eigenvalue weighted by molar-refractivity contribution is 7.19. The van der Waals surface area contributed by atoms with Gasteiger partial charge in [0, 0.05) is 45.8 Å². The van der Waals surface area contributed by atoms with Gasteiger partial charge in [0.05, 0.1) is 11.5 Å². The molecule has 1 aliphatic carbocycles. The maximum absolute atomic E-state index is 2.58. The van der Waals surface area contributed by atoms with E-state index in [0.29, 0.717) is 17.9 Å². The van der Waals surface area contributed by atoms with Crippen molar-refractivity contribution < 1.29 is 9.13 Å². The van der Waals surface area contributed by atoms with Crippen LogP contribution in [-0.2, 0) is 19.3 Å². The van der Waals surface area contributed by atoms with Crippen molar-refractivity contribution in [1.82, 2.24) is 0 Å². The number of benzene rings is 2. The lowest BCUT2D eigenvalue weighted by Gasteiger charge is -2.30. The number of allylic oxidation sites excluding steroid dienone is 1. The largest absolute Gasteiger partial charge is 0.219 e. The first-order chi connectivity index (χ1) is 19.7. The molecule has 3 aromatic heterocycles. The molecule has 5 heterocycles. The van der Waals surface area contributed by atoms with E-state index in [-0.39, 0.29) is 0 Å². The average Bonchev–Trinajstić information content (AvgIpc) is 3.37. The highest BCUT2D eigenvalue weighted by Crippen LogP contribution is 2.46. The Morgan fingerprint density at radius 2 is 1.75 bits per heavy atom. The van der Waals surface area contributed by atoms with Crippen LogP contribution >= 0.6 is 11.3 Å². The summed E-state index contributed by atoms with van der Waals surface area (Å²) in [5.74, 6) is 0.913. The Balaban J connectivity index is 1.42. The Hall–Kier alpha value is -3.56. The van der Waals surface area contributed by atoms with E-state index in [0.717, 1.165) is 12.8 Å². The van der Waals surface area contributed by atoms with Crippen molar-refractivity contribution in [3.8, 4) is 22.5 Å². The van der Waals surface area contributed by atoms with Gasteiger partial charge in [0.1, 0.15) is 0 Å². The monoisotopic (exact) mass is 540 g/mol. The van der Waals surface area contributed by atoms with E-state index in [1.807, 2.05) is 0 Å². The smallest absolute Gasteiger partial charge is 0.195 e. The molecule has 0 N–H and O–H groups in total. The Morgan fingerprint density at radius 1 is 0.875 bits per heavy atom. The van der Waals surface area contributed by atoms with Crippen molar-refractivity contribution in [2.45, 2.75) is 70.3 Å². The van der Waals surface area contributed by atoms with Gasteiger partial charge in [0.25, 0.3) is 0 Å². The van der Waals surface area contributed by atoms with Crippen molar-refractivity contribution in [3.63, 3.8) is 0 Å². The molecule has 0 saturated heterocycles. The van der Waals surface area contributed by atoms with Gasteiger partial charge in [-0.2, -0.15) is 9.13 Å². The van der Waals surface area contributed by atoms with Gasteiger partial charge in [-0.25, -0.2) is 0 Å². The number of pyridine rings is 2. The van der Waals surface area contributed by atoms with Crippen LogP contribution in [0, 0.1) is 0 Å². The second kappa shape index (κ2) is 9.52. The molecule has 5 aromatic rings. The van der Waals surface area contributed by atoms with Gasteiger partial charge < -0.3 is 0 Å². The van der Waals surface area contributed by atoms with E-state index in [9.17, 15) is 0 Å². The highest BCUT2D eigenvalue weighted by atomic mass is 32.1. The number of hydrogen-bond acceptors (Lipinski definition) is 1. The number of hydrogen-bond donors (Lipinski definition) is 0. The fraction of sp³-hybridized carbons (Fsp3) is 0.297. The molecule has 0 saturated carbocycles. The Labute approximate surface area is 241 Å². The quantitative estimate of drug-likeness (QED) is 0.188. The lowest BCUT2D eigenvalue weighted by Crippen LogP contribution is -2.48. The predicted molar refractivity (Wildman–Crippen MR) is 166 cm³/mol. The molecule has 0 fully saturated rings. The number of rotatable bonds is 1. The molecule has 3 aliphatic rings. The van der Waals surface area contributed by atoms with Gasteiger partial charge in [-0.05, 0) is 83.9 Å². The van der Waals surface area contributed by atoms with Crippen LogP contribution in [0.2, 0.25) is 0 Å². The van der Waals surface area contributed by atoms with Gasteiger partial charge in [0.15, 0.2) is 24.6 Å². The summed E-state index contributed by atoms with van der Waals surface area (Å²) in [5, 5.41) is 1.50. The summed E-state index contributed by atoms with van der Waals surface area (Å²) in [5.41, 5.74) is 11.5. The summed E-state index contributed by atoms with van der Waals surface area (Å²) in [6, 6.07) is 25.9. The third-order valence-electron chi connectivity index (χ3n) is 9.58. The normalized spacial score (nSPS) is 19.3. The van der Waals surface area contributed by atoms with Crippen LogP contribution in [0.4, 0.5) is 0 Å². The third-order valence-corrected chi connectivity index (χ3v) is 10.9. The number of thiophene rings is 1. The molecular weight excluding hydrogens is 504 g/mol. The number of aromatic nitrogens is 2. The van der Waals surface area contributed by atoms with Crippen molar-refractivity contribution in [2.75, 3.05) is 0 Å². The first kappa shape index (κ1) is 24.3. The molecule has 0 amide bonds. The van der Waals surface area contributed by atoms with Gasteiger partial charge in [0.2, 0.25) is 11.4 Å². The highest BCUT2D eigenvalue weighted by Gasteiger charge is 2.40. The number of nitrogens with zero attached hydrogens (tertiary/aromatic N) is 2. The van der Waals surface area contributed by atoms with Gasteiger partial charge in [-0.1, -0.05) is 44.2 Å². The Kier molecular flexibility index (Phi) is 5.77. The van der Waals surface area contributed by atoms with Gasteiger partial charge in [-0.3, -0.25) is 0 Å². The zero-order chi connectivity index (χ0) is 26.8. The first-order valence-electron chi connectivity index (χ1n) is 15.0. The van der Waals surface area contributed by atoms with Crippen molar-refractivity contribution in [3.05, 3.63) is 112 Å². The van der Waals surface area contributed by atoms with E-state index in [1.165, 1.54) is 75.0 Å². The van der Waals surface area contributed by atoms with Crippen LogP contribution in [0.15, 0.2) is 85.2 Å². The van der Waals surface area contributed by atoms with Gasteiger partial charge in [-0.15, -0.1) is 11.3 Å². The molecular formula is C37H36N2S+2. The van der Waals surface area contributed by atoms with Crippen molar-refractivity contribution in [2.24, 2.45) is 0 Å². The maximum atomic E-state index is 2.58. The van der Waals surface area contributed by atoms with Crippen LogP contribution in [0.1, 0.15) is 78.1 Å².